The first-order chi connectivity index (χ1) is 10.4. The van der Waals surface area contributed by atoms with Crippen LogP contribution < -0.4 is 0 Å². The number of ketones is 1. The third kappa shape index (κ3) is 4.73. The summed E-state index contributed by atoms with van der Waals surface area (Å²) in [4.78, 5) is 24.0. The molecule has 0 spiro atoms. The molecule has 9 heteroatoms. The molecular weight excluding hydrogens is 316 g/mol. The maximum atomic E-state index is 12.1. The van der Waals surface area contributed by atoms with Gasteiger partial charge in [-0.05, 0) is 18.8 Å². The quantitative estimate of drug-likeness (QED) is 0.386. The zero-order valence-electron chi connectivity index (χ0n) is 12.1. The first kappa shape index (κ1) is 17.3. The molecule has 2 fully saturated rings. The molecule has 8 nitrogen and oxygen atoms in total. The van der Waals surface area contributed by atoms with E-state index < -0.39 is 27.1 Å². The Kier molecular flexibility index (Phi) is 5.90. The molecule has 2 aliphatic rings. The van der Waals surface area contributed by atoms with E-state index in [4.69, 9.17) is 14.2 Å². The van der Waals surface area contributed by atoms with Gasteiger partial charge in [0.05, 0.1) is 13.2 Å². The van der Waals surface area contributed by atoms with Gasteiger partial charge >= 0.3 is 5.97 Å². The van der Waals surface area contributed by atoms with E-state index in [1.807, 2.05) is 0 Å². The number of Topliss-reactive ketones (excluding diaryl/α,β-unsaturated/α-hetero) is 1. The lowest BCUT2D eigenvalue weighted by Gasteiger charge is -2.15. The van der Waals surface area contributed by atoms with E-state index in [9.17, 15) is 22.6 Å². The number of ether oxygens (including phenoxy) is 3. The van der Waals surface area contributed by atoms with Gasteiger partial charge in [-0.3, -0.25) is 14.1 Å². The van der Waals surface area contributed by atoms with E-state index in [2.05, 4.69) is 0 Å². The highest BCUT2D eigenvalue weighted by atomic mass is 32.2. The van der Waals surface area contributed by atoms with Gasteiger partial charge in [-0.15, -0.1) is 0 Å². The highest BCUT2D eigenvalue weighted by Gasteiger charge is 2.41. The molecule has 0 amide bonds. The van der Waals surface area contributed by atoms with Crippen molar-refractivity contribution >= 4 is 21.9 Å². The van der Waals surface area contributed by atoms with Crippen molar-refractivity contribution in [2.45, 2.75) is 24.5 Å². The summed E-state index contributed by atoms with van der Waals surface area (Å²) in [6, 6.07) is 0. The molecule has 0 aromatic carbocycles. The van der Waals surface area contributed by atoms with Gasteiger partial charge in [-0.2, -0.15) is 8.42 Å². The second-order valence-electron chi connectivity index (χ2n) is 5.65. The summed E-state index contributed by atoms with van der Waals surface area (Å²) in [5.74, 6) is -2.22. The van der Waals surface area contributed by atoms with Crippen molar-refractivity contribution in [3.63, 3.8) is 0 Å². The lowest BCUT2D eigenvalue weighted by molar-refractivity contribution is -0.147. The monoisotopic (exact) mass is 336 g/mol. The molecule has 0 aliphatic carbocycles. The smallest absolute Gasteiger partial charge is 0.334 e. The Hall–Kier alpha value is -1.03. The zero-order chi connectivity index (χ0) is 16.2. The van der Waals surface area contributed by atoms with Gasteiger partial charge in [-0.1, -0.05) is 0 Å². The molecule has 0 bridgehead atoms. The number of hydrogen-bond donors (Lipinski definition) is 1. The second-order valence-corrected chi connectivity index (χ2v) is 7.16. The van der Waals surface area contributed by atoms with Crippen LogP contribution in [-0.4, -0.2) is 63.0 Å². The summed E-state index contributed by atoms with van der Waals surface area (Å²) in [5.41, 5.74) is 0. The van der Waals surface area contributed by atoms with E-state index in [-0.39, 0.29) is 24.9 Å². The van der Waals surface area contributed by atoms with Crippen LogP contribution in [0.2, 0.25) is 0 Å². The summed E-state index contributed by atoms with van der Waals surface area (Å²) < 4.78 is 47.0. The van der Waals surface area contributed by atoms with Gasteiger partial charge in [0, 0.05) is 32.2 Å². The molecule has 2 aliphatic heterocycles. The van der Waals surface area contributed by atoms with Crippen LogP contribution in [0.1, 0.15) is 19.3 Å². The molecule has 3 atom stereocenters. The molecule has 1 N–H and O–H groups in total. The van der Waals surface area contributed by atoms with Crippen LogP contribution in [-0.2, 0) is 33.9 Å². The summed E-state index contributed by atoms with van der Waals surface area (Å²) in [6.45, 7) is 1.81. The van der Waals surface area contributed by atoms with Crippen molar-refractivity contribution < 1.29 is 36.8 Å². The minimum Gasteiger partial charge on any atom is -0.464 e. The fraction of sp³-hybridized carbons (Fsp3) is 0.846. The van der Waals surface area contributed by atoms with Crippen molar-refractivity contribution in [2.75, 3.05) is 33.0 Å². The molecule has 2 rings (SSSR count). The third-order valence-corrected chi connectivity index (χ3v) is 4.85. The predicted octanol–water partition coefficient (Wildman–Crippen LogP) is -0.182. The van der Waals surface area contributed by atoms with E-state index in [0.29, 0.717) is 39.3 Å². The Balaban J connectivity index is 1.95. The minimum absolute atomic E-state index is 0.00988. The van der Waals surface area contributed by atoms with Gasteiger partial charge in [0.25, 0.3) is 10.1 Å². The average molecular weight is 336 g/mol. The summed E-state index contributed by atoms with van der Waals surface area (Å²) >= 11 is 0. The molecule has 2 saturated heterocycles. The highest BCUT2D eigenvalue weighted by molar-refractivity contribution is 7.88. The standard InChI is InChI=1S/C13H20O8S/c14-11(5-9-1-3-19-6-9)12(22(16,17)18)13(15)21-8-10-2-4-20-7-10/h9-10,12H,1-8H2,(H,16,17,18). The molecule has 22 heavy (non-hydrogen) atoms. The van der Waals surface area contributed by atoms with Crippen molar-refractivity contribution in [3.8, 4) is 0 Å². The van der Waals surface area contributed by atoms with Crippen LogP contribution in [0.3, 0.4) is 0 Å². The molecular formula is C13H20O8S. The van der Waals surface area contributed by atoms with Crippen molar-refractivity contribution in [1.29, 1.82) is 0 Å². The van der Waals surface area contributed by atoms with E-state index in [0.717, 1.165) is 0 Å². The lowest BCUT2D eigenvalue weighted by Crippen LogP contribution is -2.40. The molecule has 0 radical (unpaired) electrons. The summed E-state index contributed by atoms with van der Waals surface area (Å²) in [5, 5.41) is -2.17. The number of hydrogen-bond acceptors (Lipinski definition) is 7. The Morgan fingerprint density at radius 2 is 1.73 bits per heavy atom. The second kappa shape index (κ2) is 7.49. The largest absolute Gasteiger partial charge is 0.464 e. The van der Waals surface area contributed by atoms with Gasteiger partial charge in [0.2, 0.25) is 5.25 Å². The lowest BCUT2D eigenvalue weighted by atomic mass is 10.0. The molecule has 0 aromatic heterocycles. The maximum Gasteiger partial charge on any atom is 0.334 e. The minimum atomic E-state index is -4.85. The first-order valence-electron chi connectivity index (χ1n) is 7.19. The fourth-order valence-corrected chi connectivity index (χ4v) is 3.29. The van der Waals surface area contributed by atoms with Crippen LogP contribution in [0.25, 0.3) is 0 Å². The molecule has 0 aromatic rings. The Morgan fingerprint density at radius 1 is 1.14 bits per heavy atom. The van der Waals surface area contributed by atoms with Crippen LogP contribution in [0.15, 0.2) is 0 Å². The van der Waals surface area contributed by atoms with Crippen molar-refractivity contribution in [1.82, 2.24) is 0 Å². The maximum absolute atomic E-state index is 12.1. The Bertz CT molecular complexity index is 502. The number of esters is 1. The number of rotatable bonds is 7. The molecule has 0 saturated carbocycles. The van der Waals surface area contributed by atoms with Gasteiger partial charge in [0.1, 0.15) is 0 Å². The Morgan fingerprint density at radius 3 is 2.23 bits per heavy atom. The predicted molar refractivity (Wildman–Crippen MR) is 73.8 cm³/mol. The van der Waals surface area contributed by atoms with Crippen LogP contribution in [0.5, 0.6) is 0 Å². The fourth-order valence-electron chi connectivity index (χ4n) is 2.55. The molecule has 3 unspecified atom stereocenters. The van der Waals surface area contributed by atoms with Crippen LogP contribution in [0, 0.1) is 11.8 Å². The topological polar surface area (TPSA) is 116 Å². The summed E-state index contributed by atoms with van der Waals surface area (Å²) in [6.07, 6.45) is 1.20. The van der Waals surface area contributed by atoms with E-state index in [1.165, 1.54) is 0 Å². The first-order valence-corrected chi connectivity index (χ1v) is 8.69. The van der Waals surface area contributed by atoms with Gasteiger partial charge in [-0.25, -0.2) is 0 Å². The summed E-state index contributed by atoms with van der Waals surface area (Å²) in [7, 11) is -4.85. The van der Waals surface area contributed by atoms with Crippen molar-refractivity contribution in [3.05, 3.63) is 0 Å². The zero-order valence-corrected chi connectivity index (χ0v) is 12.9. The highest BCUT2D eigenvalue weighted by Crippen LogP contribution is 2.20. The van der Waals surface area contributed by atoms with Gasteiger partial charge in [0.15, 0.2) is 5.78 Å². The average Bonchev–Trinajstić information content (AvgIpc) is 3.07. The Labute approximate surface area is 128 Å². The number of carbonyl (C=O) groups excluding carboxylic acids is 2. The normalized spacial score (nSPS) is 26.8. The van der Waals surface area contributed by atoms with E-state index >= 15 is 0 Å². The third-order valence-electron chi connectivity index (χ3n) is 3.80. The van der Waals surface area contributed by atoms with E-state index in [1.54, 1.807) is 0 Å². The number of carbonyl (C=O) groups is 2. The molecule has 126 valence electrons. The van der Waals surface area contributed by atoms with Crippen LogP contribution >= 0.6 is 0 Å². The molecule has 2 heterocycles. The van der Waals surface area contributed by atoms with Crippen molar-refractivity contribution in [2.24, 2.45) is 11.8 Å². The van der Waals surface area contributed by atoms with Gasteiger partial charge < -0.3 is 14.2 Å². The van der Waals surface area contributed by atoms with Crippen LogP contribution in [0.4, 0.5) is 0 Å². The SMILES string of the molecule is O=C(CC1CCOC1)C(C(=O)OCC1CCOC1)S(=O)(=O)O.